The minimum absolute atomic E-state index is 0.0210. The summed E-state index contributed by atoms with van der Waals surface area (Å²) in [5.41, 5.74) is 4.23. The average Bonchev–Trinajstić information content (AvgIpc) is 3.07. The van der Waals surface area contributed by atoms with E-state index >= 15 is 0 Å². The number of amides is 1. The molecule has 0 aliphatic carbocycles. The number of carbonyl (C=O) groups excluding carboxylic acids is 1. The second-order valence-corrected chi connectivity index (χ2v) is 5.91. The van der Waals surface area contributed by atoms with Crippen LogP contribution in [0.5, 0.6) is 0 Å². The number of anilines is 1. The van der Waals surface area contributed by atoms with Crippen molar-refractivity contribution in [2.45, 2.75) is 26.3 Å². The Bertz CT molecular complexity index is 643. The normalized spacial score (nSPS) is 14.1. The van der Waals surface area contributed by atoms with Crippen LogP contribution in [-0.2, 0) is 6.54 Å². The molecule has 0 aromatic heterocycles. The first-order valence-corrected chi connectivity index (χ1v) is 7.91. The third-order valence-electron chi connectivity index (χ3n) is 4.14. The van der Waals surface area contributed by atoms with E-state index in [2.05, 4.69) is 34.5 Å². The maximum atomic E-state index is 12.1. The SMILES string of the molecule is Cc1cccc(C(=O)NCc2ccc(N3CCCC3)cc2)c1. The van der Waals surface area contributed by atoms with Gasteiger partial charge in [-0.3, -0.25) is 4.79 Å². The molecule has 3 nitrogen and oxygen atoms in total. The third-order valence-corrected chi connectivity index (χ3v) is 4.14. The van der Waals surface area contributed by atoms with Gasteiger partial charge in [0.2, 0.25) is 0 Å². The monoisotopic (exact) mass is 294 g/mol. The minimum atomic E-state index is -0.0210. The summed E-state index contributed by atoms with van der Waals surface area (Å²) in [6.07, 6.45) is 2.57. The van der Waals surface area contributed by atoms with Crippen LogP contribution in [0.3, 0.4) is 0 Å². The quantitative estimate of drug-likeness (QED) is 0.935. The molecule has 0 saturated carbocycles. The topological polar surface area (TPSA) is 32.3 Å². The molecule has 0 spiro atoms. The largest absolute Gasteiger partial charge is 0.372 e. The molecule has 114 valence electrons. The van der Waals surface area contributed by atoms with Gasteiger partial charge in [-0.05, 0) is 49.6 Å². The minimum Gasteiger partial charge on any atom is -0.372 e. The standard InChI is InChI=1S/C19H22N2O/c1-15-5-4-6-17(13-15)19(22)20-14-16-7-9-18(10-8-16)21-11-2-3-12-21/h4-10,13H,2-3,11-12,14H2,1H3,(H,20,22). The van der Waals surface area contributed by atoms with Gasteiger partial charge in [0.25, 0.3) is 5.91 Å². The molecule has 1 saturated heterocycles. The summed E-state index contributed by atoms with van der Waals surface area (Å²) >= 11 is 0. The van der Waals surface area contributed by atoms with Gasteiger partial charge in [0.1, 0.15) is 0 Å². The molecule has 0 bridgehead atoms. The van der Waals surface area contributed by atoms with Crippen LogP contribution >= 0.6 is 0 Å². The fourth-order valence-corrected chi connectivity index (χ4v) is 2.87. The summed E-state index contributed by atoms with van der Waals surface area (Å²) in [7, 11) is 0. The lowest BCUT2D eigenvalue weighted by molar-refractivity contribution is 0.0951. The van der Waals surface area contributed by atoms with Gasteiger partial charge in [0.05, 0.1) is 0 Å². The number of aryl methyl sites for hydroxylation is 1. The molecular weight excluding hydrogens is 272 g/mol. The molecule has 1 heterocycles. The number of nitrogens with zero attached hydrogens (tertiary/aromatic N) is 1. The van der Waals surface area contributed by atoms with Crippen molar-refractivity contribution in [2.24, 2.45) is 0 Å². The van der Waals surface area contributed by atoms with Gasteiger partial charge in [-0.15, -0.1) is 0 Å². The van der Waals surface area contributed by atoms with E-state index < -0.39 is 0 Å². The van der Waals surface area contributed by atoms with Crippen LogP contribution in [0, 0.1) is 6.92 Å². The zero-order chi connectivity index (χ0) is 15.4. The first kappa shape index (κ1) is 14.6. The van der Waals surface area contributed by atoms with Crippen molar-refractivity contribution >= 4 is 11.6 Å². The first-order chi connectivity index (χ1) is 10.7. The van der Waals surface area contributed by atoms with Crippen LogP contribution in [0.4, 0.5) is 5.69 Å². The highest BCUT2D eigenvalue weighted by Crippen LogP contribution is 2.20. The van der Waals surface area contributed by atoms with Crippen LogP contribution in [0.1, 0.15) is 34.3 Å². The number of hydrogen-bond acceptors (Lipinski definition) is 2. The molecular formula is C19H22N2O. The lowest BCUT2D eigenvalue weighted by Gasteiger charge is -2.17. The van der Waals surface area contributed by atoms with Gasteiger partial charge in [-0.25, -0.2) is 0 Å². The van der Waals surface area contributed by atoms with Crippen molar-refractivity contribution < 1.29 is 4.79 Å². The third kappa shape index (κ3) is 3.48. The van der Waals surface area contributed by atoms with Gasteiger partial charge < -0.3 is 10.2 Å². The highest BCUT2D eigenvalue weighted by atomic mass is 16.1. The van der Waals surface area contributed by atoms with Gasteiger partial charge in [0.15, 0.2) is 0 Å². The summed E-state index contributed by atoms with van der Waals surface area (Å²) in [5.74, 6) is -0.0210. The Hall–Kier alpha value is -2.29. The maximum absolute atomic E-state index is 12.1. The van der Waals surface area contributed by atoms with E-state index in [1.54, 1.807) is 0 Å². The molecule has 0 unspecified atom stereocenters. The van der Waals surface area contributed by atoms with Gasteiger partial charge >= 0.3 is 0 Å². The highest BCUT2D eigenvalue weighted by Gasteiger charge is 2.12. The maximum Gasteiger partial charge on any atom is 0.251 e. The van der Waals surface area contributed by atoms with Crippen LogP contribution in [0.15, 0.2) is 48.5 Å². The zero-order valence-corrected chi connectivity index (χ0v) is 13.0. The Morgan fingerprint density at radius 3 is 2.50 bits per heavy atom. The smallest absolute Gasteiger partial charge is 0.251 e. The van der Waals surface area contributed by atoms with Crippen molar-refractivity contribution in [3.8, 4) is 0 Å². The molecule has 1 N–H and O–H groups in total. The zero-order valence-electron chi connectivity index (χ0n) is 13.0. The molecule has 2 aromatic carbocycles. The Labute approximate surface area is 132 Å². The van der Waals surface area contributed by atoms with Gasteiger partial charge in [0, 0.05) is 30.9 Å². The molecule has 1 aliphatic rings. The Morgan fingerprint density at radius 1 is 1.09 bits per heavy atom. The number of carbonyl (C=O) groups is 1. The van der Waals surface area contributed by atoms with E-state index in [4.69, 9.17) is 0 Å². The Morgan fingerprint density at radius 2 is 1.82 bits per heavy atom. The lowest BCUT2D eigenvalue weighted by Crippen LogP contribution is -2.23. The highest BCUT2D eigenvalue weighted by molar-refractivity contribution is 5.94. The Balaban J connectivity index is 1.58. The van der Waals surface area contributed by atoms with Crippen LogP contribution in [-0.4, -0.2) is 19.0 Å². The average molecular weight is 294 g/mol. The molecule has 22 heavy (non-hydrogen) atoms. The summed E-state index contributed by atoms with van der Waals surface area (Å²) in [6.45, 7) is 4.87. The fraction of sp³-hybridized carbons (Fsp3) is 0.316. The van der Waals surface area contributed by atoms with Crippen molar-refractivity contribution in [2.75, 3.05) is 18.0 Å². The number of hydrogen-bond donors (Lipinski definition) is 1. The van der Waals surface area contributed by atoms with Gasteiger partial charge in [-0.2, -0.15) is 0 Å². The number of nitrogens with one attached hydrogen (secondary N) is 1. The second kappa shape index (κ2) is 6.65. The molecule has 0 atom stereocenters. The van der Waals surface area contributed by atoms with Crippen LogP contribution in [0.25, 0.3) is 0 Å². The van der Waals surface area contributed by atoms with E-state index in [0.717, 1.165) is 24.2 Å². The number of rotatable bonds is 4. The van der Waals surface area contributed by atoms with E-state index in [9.17, 15) is 4.79 Å². The van der Waals surface area contributed by atoms with Crippen LogP contribution < -0.4 is 10.2 Å². The molecule has 0 radical (unpaired) electrons. The molecule has 1 fully saturated rings. The van der Waals surface area contributed by atoms with Crippen molar-refractivity contribution in [1.82, 2.24) is 5.32 Å². The first-order valence-electron chi connectivity index (χ1n) is 7.91. The predicted molar refractivity (Wildman–Crippen MR) is 90.2 cm³/mol. The molecule has 3 heteroatoms. The van der Waals surface area contributed by atoms with Crippen LogP contribution in [0.2, 0.25) is 0 Å². The fourth-order valence-electron chi connectivity index (χ4n) is 2.87. The van der Waals surface area contributed by atoms with E-state index in [1.165, 1.54) is 18.5 Å². The molecule has 1 aliphatic heterocycles. The molecule has 3 rings (SSSR count). The lowest BCUT2D eigenvalue weighted by atomic mass is 10.1. The van der Waals surface area contributed by atoms with Crippen molar-refractivity contribution in [3.05, 3.63) is 65.2 Å². The van der Waals surface area contributed by atoms with Gasteiger partial charge in [-0.1, -0.05) is 29.8 Å². The second-order valence-electron chi connectivity index (χ2n) is 5.91. The van der Waals surface area contributed by atoms with Crippen molar-refractivity contribution in [3.63, 3.8) is 0 Å². The van der Waals surface area contributed by atoms with Crippen molar-refractivity contribution in [1.29, 1.82) is 0 Å². The summed E-state index contributed by atoms with van der Waals surface area (Å²) in [4.78, 5) is 14.5. The molecule has 1 amide bonds. The summed E-state index contributed by atoms with van der Waals surface area (Å²) in [6, 6.07) is 16.2. The summed E-state index contributed by atoms with van der Waals surface area (Å²) in [5, 5.41) is 2.98. The van der Waals surface area contributed by atoms with E-state index in [0.29, 0.717) is 12.1 Å². The molecule has 2 aromatic rings. The summed E-state index contributed by atoms with van der Waals surface area (Å²) < 4.78 is 0. The Kier molecular flexibility index (Phi) is 4.42. The van der Waals surface area contributed by atoms with E-state index in [-0.39, 0.29) is 5.91 Å². The number of benzene rings is 2. The van der Waals surface area contributed by atoms with E-state index in [1.807, 2.05) is 31.2 Å². The predicted octanol–water partition coefficient (Wildman–Crippen LogP) is 3.53.